The minimum absolute atomic E-state index is 0.0620. The number of nitrogens with zero attached hydrogens (tertiary/aromatic N) is 4. The van der Waals surface area contributed by atoms with Crippen LogP contribution >= 0.6 is 0 Å². The van der Waals surface area contributed by atoms with Gasteiger partial charge in [0.25, 0.3) is 0 Å². The van der Waals surface area contributed by atoms with Gasteiger partial charge < -0.3 is 9.80 Å². The van der Waals surface area contributed by atoms with Gasteiger partial charge in [-0.15, -0.1) is 0 Å². The Morgan fingerprint density at radius 1 is 1.29 bits per heavy atom. The maximum absolute atomic E-state index is 13.0. The van der Waals surface area contributed by atoms with Crippen LogP contribution < -0.4 is 4.90 Å². The molecule has 0 saturated carbocycles. The van der Waals surface area contributed by atoms with Crippen LogP contribution in [-0.4, -0.2) is 40.9 Å². The quantitative estimate of drug-likeness (QED) is 0.865. The highest BCUT2D eigenvalue weighted by atomic mass is 19.1. The first-order valence-corrected chi connectivity index (χ1v) is 8.15. The Labute approximate surface area is 141 Å². The van der Waals surface area contributed by atoms with Gasteiger partial charge in [0, 0.05) is 39.1 Å². The second kappa shape index (κ2) is 7.38. The van der Waals surface area contributed by atoms with Crippen molar-refractivity contribution in [3.63, 3.8) is 0 Å². The monoisotopic (exact) mass is 328 g/mol. The summed E-state index contributed by atoms with van der Waals surface area (Å²) in [6.45, 7) is 1.99. The molecule has 2 heterocycles. The lowest BCUT2D eigenvalue weighted by Gasteiger charge is -2.34. The Hall–Kier alpha value is -2.50. The summed E-state index contributed by atoms with van der Waals surface area (Å²) in [5, 5.41) is 0. The SMILES string of the molecule is CN(Cc1ccc(F)cc1)C(=O)C1CCCN(c2ncccn2)C1. The van der Waals surface area contributed by atoms with E-state index in [9.17, 15) is 9.18 Å². The van der Waals surface area contributed by atoms with Crippen molar-refractivity contribution in [1.82, 2.24) is 14.9 Å². The van der Waals surface area contributed by atoms with Crippen molar-refractivity contribution >= 4 is 11.9 Å². The predicted octanol–water partition coefficient (Wildman–Crippen LogP) is 2.49. The maximum atomic E-state index is 13.0. The molecule has 1 aromatic carbocycles. The summed E-state index contributed by atoms with van der Waals surface area (Å²) in [6, 6.07) is 8.05. The summed E-state index contributed by atoms with van der Waals surface area (Å²) >= 11 is 0. The highest BCUT2D eigenvalue weighted by Crippen LogP contribution is 2.22. The molecule has 0 radical (unpaired) electrons. The Morgan fingerprint density at radius 3 is 2.71 bits per heavy atom. The molecule has 1 fully saturated rings. The van der Waals surface area contributed by atoms with Gasteiger partial charge in [-0.1, -0.05) is 12.1 Å². The number of aromatic nitrogens is 2. The molecular formula is C18H21FN4O. The van der Waals surface area contributed by atoms with Gasteiger partial charge in [-0.25, -0.2) is 14.4 Å². The molecule has 126 valence electrons. The zero-order valence-corrected chi connectivity index (χ0v) is 13.7. The second-order valence-corrected chi connectivity index (χ2v) is 6.15. The van der Waals surface area contributed by atoms with Gasteiger partial charge in [-0.05, 0) is 36.6 Å². The van der Waals surface area contributed by atoms with Crippen molar-refractivity contribution in [2.24, 2.45) is 5.92 Å². The summed E-state index contributed by atoms with van der Waals surface area (Å²) < 4.78 is 13.0. The van der Waals surface area contributed by atoms with Crippen LogP contribution in [0.15, 0.2) is 42.7 Å². The van der Waals surface area contributed by atoms with E-state index in [2.05, 4.69) is 14.9 Å². The number of hydrogen-bond acceptors (Lipinski definition) is 4. The van der Waals surface area contributed by atoms with Gasteiger partial charge in [-0.3, -0.25) is 4.79 Å². The van der Waals surface area contributed by atoms with E-state index >= 15 is 0 Å². The molecule has 0 spiro atoms. The number of rotatable bonds is 4. The molecule has 1 unspecified atom stereocenters. The third-order valence-corrected chi connectivity index (χ3v) is 4.31. The van der Waals surface area contributed by atoms with Crippen molar-refractivity contribution < 1.29 is 9.18 Å². The van der Waals surface area contributed by atoms with Gasteiger partial charge in [-0.2, -0.15) is 0 Å². The molecule has 2 aromatic rings. The number of hydrogen-bond donors (Lipinski definition) is 0. The van der Waals surface area contributed by atoms with Crippen LogP contribution in [0.4, 0.5) is 10.3 Å². The van der Waals surface area contributed by atoms with E-state index in [1.165, 1.54) is 12.1 Å². The van der Waals surface area contributed by atoms with Crippen molar-refractivity contribution in [2.45, 2.75) is 19.4 Å². The fourth-order valence-corrected chi connectivity index (χ4v) is 3.07. The molecule has 1 amide bonds. The summed E-state index contributed by atoms with van der Waals surface area (Å²) in [5.74, 6) is 0.461. The normalized spacial score (nSPS) is 17.6. The van der Waals surface area contributed by atoms with Gasteiger partial charge >= 0.3 is 0 Å². The van der Waals surface area contributed by atoms with Crippen molar-refractivity contribution in [2.75, 3.05) is 25.0 Å². The summed E-state index contributed by atoms with van der Waals surface area (Å²) in [6.07, 6.45) is 5.25. The van der Waals surface area contributed by atoms with Crippen molar-refractivity contribution in [3.05, 3.63) is 54.1 Å². The second-order valence-electron chi connectivity index (χ2n) is 6.15. The number of carbonyl (C=O) groups excluding carboxylic acids is 1. The molecule has 0 aliphatic carbocycles. The Bertz CT molecular complexity index is 677. The summed E-state index contributed by atoms with van der Waals surface area (Å²) in [5.41, 5.74) is 0.923. The largest absolute Gasteiger partial charge is 0.341 e. The van der Waals surface area contributed by atoms with Crippen LogP contribution in [0.3, 0.4) is 0 Å². The van der Waals surface area contributed by atoms with Crippen LogP contribution in [0.25, 0.3) is 0 Å². The maximum Gasteiger partial charge on any atom is 0.227 e. The fraction of sp³-hybridized carbons (Fsp3) is 0.389. The molecule has 1 aliphatic heterocycles. The Kier molecular flexibility index (Phi) is 5.03. The molecule has 6 heteroatoms. The van der Waals surface area contributed by atoms with Gasteiger partial charge in [0.15, 0.2) is 0 Å². The number of amides is 1. The summed E-state index contributed by atoms with van der Waals surface area (Å²) in [4.78, 5) is 25.1. The van der Waals surface area contributed by atoms with E-state index in [4.69, 9.17) is 0 Å². The van der Waals surface area contributed by atoms with Gasteiger partial charge in [0.05, 0.1) is 5.92 Å². The average Bonchev–Trinajstić information content (AvgIpc) is 2.64. The van der Waals surface area contributed by atoms with E-state index in [1.807, 2.05) is 0 Å². The first-order chi connectivity index (χ1) is 11.6. The zero-order chi connectivity index (χ0) is 16.9. The Morgan fingerprint density at radius 2 is 2.00 bits per heavy atom. The highest BCUT2D eigenvalue weighted by Gasteiger charge is 2.29. The van der Waals surface area contributed by atoms with E-state index in [0.717, 1.165) is 24.9 Å². The molecule has 1 saturated heterocycles. The Balaban J connectivity index is 1.62. The standard InChI is InChI=1S/C18H21FN4O/c1-22(12-14-5-7-16(19)8-6-14)17(24)15-4-2-11-23(13-15)18-20-9-3-10-21-18/h3,5-10,15H,2,4,11-13H2,1H3. The lowest BCUT2D eigenvalue weighted by atomic mass is 9.96. The minimum Gasteiger partial charge on any atom is -0.341 e. The van der Waals surface area contributed by atoms with E-state index < -0.39 is 0 Å². The van der Waals surface area contributed by atoms with Crippen molar-refractivity contribution in [3.8, 4) is 0 Å². The summed E-state index contributed by atoms with van der Waals surface area (Å²) in [7, 11) is 1.80. The van der Waals surface area contributed by atoms with Crippen LogP contribution in [0, 0.1) is 11.7 Å². The zero-order valence-electron chi connectivity index (χ0n) is 13.7. The molecule has 1 aliphatic rings. The molecule has 24 heavy (non-hydrogen) atoms. The molecule has 0 bridgehead atoms. The first kappa shape index (κ1) is 16.4. The van der Waals surface area contributed by atoms with E-state index in [1.54, 1.807) is 42.5 Å². The molecular weight excluding hydrogens is 307 g/mol. The number of anilines is 1. The molecule has 0 N–H and O–H groups in total. The van der Waals surface area contributed by atoms with Crippen LogP contribution in [0.2, 0.25) is 0 Å². The van der Waals surface area contributed by atoms with Crippen LogP contribution in [0.1, 0.15) is 18.4 Å². The average molecular weight is 328 g/mol. The third-order valence-electron chi connectivity index (χ3n) is 4.31. The molecule has 1 aromatic heterocycles. The lowest BCUT2D eigenvalue weighted by Crippen LogP contribution is -2.44. The topological polar surface area (TPSA) is 49.3 Å². The minimum atomic E-state index is -0.265. The number of benzene rings is 1. The van der Waals surface area contributed by atoms with Gasteiger partial charge in [0.1, 0.15) is 5.82 Å². The highest BCUT2D eigenvalue weighted by molar-refractivity contribution is 5.79. The van der Waals surface area contributed by atoms with Crippen molar-refractivity contribution in [1.29, 1.82) is 0 Å². The van der Waals surface area contributed by atoms with E-state index in [0.29, 0.717) is 19.0 Å². The number of carbonyl (C=O) groups is 1. The van der Waals surface area contributed by atoms with Crippen LogP contribution in [-0.2, 0) is 11.3 Å². The fourth-order valence-electron chi connectivity index (χ4n) is 3.07. The number of halogens is 1. The van der Waals surface area contributed by atoms with Crippen LogP contribution in [0.5, 0.6) is 0 Å². The predicted molar refractivity (Wildman–Crippen MR) is 89.8 cm³/mol. The molecule has 1 atom stereocenters. The van der Waals surface area contributed by atoms with E-state index in [-0.39, 0.29) is 17.6 Å². The molecule has 3 rings (SSSR count). The smallest absolute Gasteiger partial charge is 0.227 e. The third kappa shape index (κ3) is 3.88. The van der Waals surface area contributed by atoms with Gasteiger partial charge in [0.2, 0.25) is 11.9 Å². The number of piperidine rings is 1. The molecule has 5 nitrogen and oxygen atoms in total. The lowest BCUT2D eigenvalue weighted by molar-refractivity contribution is -0.135. The first-order valence-electron chi connectivity index (χ1n) is 8.15.